The van der Waals surface area contributed by atoms with E-state index in [0.717, 1.165) is 38.2 Å². The van der Waals surface area contributed by atoms with E-state index in [1.54, 1.807) is 6.20 Å². The number of hydrogen-bond donors (Lipinski definition) is 1. The van der Waals surface area contributed by atoms with Crippen LogP contribution in [0.1, 0.15) is 37.2 Å². The normalized spacial score (nSPS) is 27.4. The third kappa shape index (κ3) is 2.59. The van der Waals surface area contributed by atoms with E-state index < -0.39 is 0 Å². The fourth-order valence-electron chi connectivity index (χ4n) is 3.51. The van der Waals surface area contributed by atoms with Crippen LogP contribution in [-0.4, -0.2) is 47.6 Å². The van der Waals surface area contributed by atoms with Gasteiger partial charge in [0.2, 0.25) is 5.28 Å². The van der Waals surface area contributed by atoms with Crippen LogP contribution in [0.15, 0.2) is 6.20 Å². The molecular formula is C15H21ClN4O2. The maximum Gasteiger partial charge on any atom is 0.223 e. The number of carbonyl (C=O) groups excluding carboxylic acids is 1. The number of rotatable bonds is 2. The first kappa shape index (κ1) is 15.6. The fourth-order valence-corrected chi connectivity index (χ4v) is 3.64. The second-order valence-corrected chi connectivity index (χ2v) is 6.66. The van der Waals surface area contributed by atoms with Crippen LogP contribution >= 0.6 is 11.6 Å². The summed E-state index contributed by atoms with van der Waals surface area (Å²) in [5, 5.41) is 0.0995. The number of carbonyl (C=O) groups is 1. The topological polar surface area (TPSA) is 81.3 Å². The van der Waals surface area contributed by atoms with Crippen molar-refractivity contribution in [3.8, 4) is 0 Å². The van der Waals surface area contributed by atoms with Crippen LogP contribution < -0.4 is 10.6 Å². The Morgan fingerprint density at radius 1 is 1.50 bits per heavy atom. The summed E-state index contributed by atoms with van der Waals surface area (Å²) in [6.07, 6.45) is 3.63. The fraction of sp³-hybridized carbons (Fsp3) is 0.667. The van der Waals surface area contributed by atoms with E-state index in [4.69, 9.17) is 22.1 Å². The Morgan fingerprint density at radius 3 is 2.73 bits per heavy atom. The molecule has 0 bridgehead atoms. The number of Topliss-reactive ketones (excluding diaryl/α,β-unsaturated/α-hetero) is 1. The minimum Gasteiger partial charge on any atom is -0.376 e. The molecule has 3 heterocycles. The number of ketones is 1. The Hall–Kier alpha value is -1.24. The number of nitrogens with zero attached hydrogens (tertiary/aromatic N) is 3. The summed E-state index contributed by atoms with van der Waals surface area (Å²) < 4.78 is 5.74. The third-order valence-corrected chi connectivity index (χ3v) is 5.20. The monoisotopic (exact) mass is 324 g/mol. The van der Waals surface area contributed by atoms with Gasteiger partial charge in [0.25, 0.3) is 0 Å². The molecule has 0 aromatic carbocycles. The lowest BCUT2D eigenvalue weighted by Gasteiger charge is -2.42. The quantitative estimate of drug-likeness (QED) is 0.658. The van der Waals surface area contributed by atoms with Crippen LogP contribution in [0.5, 0.6) is 0 Å². The predicted octanol–water partition coefficient (Wildman–Crippen LogP) is 1.67. The molecule has 0 radical (unpaired) electrons. The summed E-state index contributed by atoms with van der Waals surface area (Å²) in [5.41, 5.74) is 7.53. The first-order valence-corrected chi connectivity index (χ1v) is 7.96. The lowest BCUT2D eigenvalue weighted by atomic mass is 9.73. The summed E-state index contributed by atoms with van der Waals surface area (Å²) in [5.74, 6) is -0.103. The molecule has 2 saturated heterocycles. The highest BCUT2D eigenvalue weighted by atomic mass is 35.5. The zero-order chi connectivity index (χ0) is 15.9. The van der Waals surface area contributed by atoms with Gasteiger partial charge in [-0.15, -0.1) is 0 Å². The standard InChI is InChI=1S/C15H21ClN4O2/c1-9(21)12-11(7-18-14(16)19-12)20-5-3-15(4-6-20)8-22-10(2)13(15)17/h7,10,13H,3-6,8,17H2,1-2H3/t10-,13+/m0/s1. The summed E-state index contributed by atoms with van der Waals surface area (Å²) in [4.78, 5) is 22.0. The zero-order valence-corrected chi connectivity index (χ0v) is 13.6. The highest BCUT2D eigenvalue weighted by Crippen LogP contribution is 2.42. The Morgan fingerprint density at radius 2 is 2.18 bits per heavy atom. The van der Waals surface area contributed by atoms with Crippen LogP contribution in [0.4, 0.5) is 5.69 Å². The van der Waals surface area contributed by atoms with Crippen LogP contribution in [0.3, 0.4) is 0 Å². The lowest BCUT2D eigenvalue weighted by Crippen LogP contribution is -2.50. The second kappa shape index (κ2) is 5.76. The number of halogens is 1. The van der Waals surface area contributed by atoms with Gasteiger partial charge in [-0.05, 0) is 31.4 Å². The summed E-state index contributed by atoms with van der Waals surface area (Å²) in [7, 11) is 0. The number of ether oxygens (including phenoxy) is 1. The number of piperidine rings is 1. The zero-order valence-electron chi connectivity index (χ0n) is 12.9. The Balaban J connectivity index is 1.79. The molecule has 2 fully saturated rings. The Labute approximate surface area is 135 Å². The molecule has 0 unspecified atom stereocenters. The molecule has 1 aromatic heterocycles. The van der Waals surface area contributed by atoms with Crippen molar-refractivity contribution < 1.29 is 9.53 Å². The third-order valence-electron chi connectivity index (χ3n) is 5.02. The molecule has 22 heavy (non-hydrogen) atoms. The van der Waals surface area contributed by atoms with E-state index in [9.17, 15) is 4.79 Å². The summed E-state index contributed by atoms with van der Waals surface area (Å²) in [6, 6.07) is 0.0726. The number of nitrogens with two attached hydrogens (primary N) is 1. The van der Waals surface area contributed by atoms with Crippen molar-refractivity contribution in [3.63, 3.8) is 0 Å². The largest absolute Gasteiger partial charge is 0.376 e. The van der Waals surface area contributed by atoms with Crippen molar-refractivity contribution in [1.82, 2.24) is 9.97 Å². The number of anilines is 1. The van der Waals surface area contributed by atoms with Gasteiger partial charge in [-0.2, -0.15) is 0 Å². The predicted molar refractivity (Wildman–Crippen MR) is 84.3 cm³/mol. The van der Waals surface area contributed by atoms with Gasteiger partial charge >= 0.3 is 0 Å². The molecule has 2 aliphatic heterocycles. The van der Waals surface area contributed by atoms with Gasteiger partial charge in [0.05, 0.1) is 24.6 Å². The van der Waals surface area contributed by atoms with E-state index in [2.05, 4.69) is 14.9 Å². The summed E-state index contributed by atoms with van der Waals surface area (Å²) in [6.45, 7) is 5.88. The van der Waals surface area contributed by atoms with E-state index in [1.165, 1.54) is 6.92 Å². The molecule has 0 aliphatic carbocycles. The van der Waals surface area contributed by atoms with Crippen molar-refractivity contribution in [3.05, 3.63) is 17.2 Å². The number of aromatic nitrogens is 2. The summed E-state index contributed by atoms with van der Waals surface area (Å²) >= 11 is 5.81. The van der Waals surface area contributed by atoms with Gasteiger partial charge < -0.3 is 15.4 Å². The molecule has 6 nitrogen and oxygen atoms in total. The molecule has 1 spiro atoms. The van der Waals surface area contributed by atoms with Gasteiger partial charge in [0.1, 0.15) is 5.69 Å². The molecule has 2 atom stereocenters. The van der Waals surface area contributed by atoms with Gasteiger partial charge in [-0.1, -0.05) is 0 Å². The van der Waals surface area contributed by atoms with Crippen LogP contribution in [-0.2, 0) is 4.74 Å². The van der Waals surface area contributed by atoms with E-state index in [1.807, 2.05) is 6.92 Å². The minimum atomic E-state index is -0.103. The molecule has 7 heteroatoms. The van der Waals surface area contributed by atoms with Crippen molar-refractivity contribution in [2.24, 2.45) is 11.1 Å². The van der Waals surface area contributed by atoms with Crippen LogP contribution in [0, 0.1) is 5.41 Å². The van der Waals surface area contributed by atoms with E-state index in [-0.39, 0.29) is 28.6 Å². The Kier molecular flexibility index (Phi) is 4.09. The molecule has 2 aliphatic rings. The maximum absolute atomic E-state index is 11.8. The SMILES string of the molecule is CC(=O)c1nc(Cl)ncc1N1CCC2(CC1)CO[C@@H](C)[C@H]2N. The highest BCUT2D eigenvalue weighted by Gasteiger charge is 2.47. The molecular weight excluding hydrogens is 304 g/mol. The molecule has 0 saturated carbocycles. The van der Waals surface area contributed by atoms with Gasteiger partial charge in [-0.3, -0.25) is 4.79 Å². The molecule has 3 rings (SSSR count). The molecule has 120 valence electrons. The van der Waals surface area contributed by atoms with Crippen molar-refractivity contribution in [2.45, 2.75) is 38.8 Å². The highest BCUT2D eigenvalue weighted by molar-refractivity contribution is 6.28. The van der Waals surface area contributed by atoms with Crippen LogP contribution in [0.2, 0.25) is 5.28 Å². The number of hydrogen-bond acceptors (Lipinski definition) is 6. The van der Waals surface area contributed by atoms with Crippen molar-refractivity contribution >= 4 is 23.1 Å². The smallest absolute Gasteiger partial charge is 0.223 e. The first-order valence-electron chi connectivity index (χ1n) is 7.58. The van der Waals surface area contributed by atoms with Gasteiger partial charge in [0.15, 0.2) is 5.78 Å². The molecule has 0 amide bonds. The molecule has 2 N–H and O–H groups in total. The Bertz CT molecular complexity index is 587. The first-order chi connectivity index (χ1) is 10.4. The van der Waals surface area contributed by atoms with Crippen LogP contribution in [0.25, 0.3) is 0 Å². The van der Waals surface area contributed by atoms with Gasteiger partial charge in [0, 0.05) is 31.5 Å². The second-order valence-electron chi connectivity index (χ2n) is 6.32. The molecule has 1 aromatic rings. The van der Waals surface area contributed by atoms with E-state index >= 15 is 0 Å². The van der Waals surface area contributed by atoms with Crippen molar-refractivity contribution in [1.29, 1.82) is 0 Å². The minimum absolute atomic E-state index is 0.0551. The maximum atomic E-state index is 11.8. The van der Waals surface area contributed by atoms with Gasteiger partial charge in [-0.25, -0.2) is 9.97 Å². The average molecular weight is 325 g/mol. The lowest BCUT2D eigenvalue weighted by molar-refractivity contribution is 0.0971. The average Bonchev–Trinajstić information content (AvgIpc) is 2.77. The van der Waals surface area contributed by atoms with Crippen molar-refractivity contribution in [2.75, 3.05) is 24.6 Å². The van der Waals surface area contributed by atoms with E-state index in [0.29, 0.717) is 5.69 Å².